The molecule has 1 aromatic carbocycles. The van der Waals surface area contributed by atoms with E-state index in [-0.39, 0.29) is 5.75 Å². The Morgan fingerprint density at radius 1 is 0.657 bits per heavy atom. The van der Waals surface area contributed by atoms with E-state index < -0.39 is 5.63 Å². The summed E-state index contributed by atoms with van der Waals surface area (Å²) in [5.74, 6) is 1.30. The number of hydrogen-bond acceptors (Lipinski definition) is 5. The molecule has 0 atom stereocenters. The fourth-order valence-corrected chi connectivity index (χ4v) is 4.39. The Morgan fingerprint density at radius 2 is 1.17 bits per heavy atom. The Hall–Kier alpha value is -2.17. The second-order valence-corrected chi connectivity index (χ2v) is 9.56. The van der Waals surface area contributed by atoms with E-state index in [2.05, 4.69) is 13.8 Å². The van der Waals surface area contributed by atoms with Gasteiger partial charge in [-0.15, -0.1) is 0 Å². The lowest BCUT2D eigenvalue weighted by atomic mass is 10.1. The average Bonchev–Trinajstić information content (AvgIpc) is 2.86. The molecule has 0 amide bonds. The highest BCUT2D eigenvalue weighted by Crippen LogP contribution is 2.34. The summed E-state index contributed by atoms with van der Waals surface area (Å²) in [5, 5.41) is 0.720. The first-order chi connectivity index (χ1) is 17.2. The van der Waals surface area contributed by atoms with Gasteiger partial charge in [-0.05, 0) is 25.0 Å². The van der Waals surface area contributed by atoms with Crippen molar-refractivity contribution in [2.75, 3.05) is 20.3 Å². The maximum Gasteiger partial charge on any atom is 0.383 e. The number of benzene rings is 1. The van der Waals surface area contributed by atoms with Crippen LogP contribution in [0.25, 0.3) is 11.0 Å². The van der Waals surface area contributed by atoms with Crippen LogP contribution in [0.4, 0.5) is 0 Å². The minimum absolute atomic E-state index is 0.163. The van der Waals surface area contributed by atoms with Crippen molar-refractivity contribution in [3.05, 3.63) is 28.6 Å². The van der Waals surface area contributed by atoms with E-state index >= 15 is 0 Å². The van der Waals surface area contributed by atoms with Crippen LogP contribution in [0.2, 0.25) is 0 Å². The van der Waals surface area contributed by atoms with Crippen LogP contribution in [0.3, 0.4) is 0 Å². The predicted molar refractivity (Wildman–Crippen MR) is 145 cm³/mol. The second kappa shape index (κ2) is 18.1. The van der Waals surface area contributed by atoms with Crippen LogP contribution in [-0.2, 0) is 0 Å². The predicted octanol–water partition coefficient (Wildman–Crippen LogP) is 8.84. The fourth-order valence-electron chi connectivity index (χ4n) is 4.39. The first-order valence-electron chi connectivity index (χ1n) is 14.1. The van der Waals surface area contributed by atoms with E-state index in [1.54, 1.807) is 13.2 Å². The number of ether oxygens (including phenoxy) is 3. The summed E-state index contributed by atoms with van der Waals surface area (Å²) in [4.78, 5) is 12.6. The normalized spacial score (nSPS) is 11.2. The van der Waals surface area contributed by atoms with Crippen molar-refractivity contribution in [1.82, 2.24) is 0 Å². The lowest BCUT2D eigenvalue weighted by Gasteiger charge is -2.12. The molecule has 5 nitrogen and oxygen atoms in total. The number of rotatable bonds is 21. The standard InChI is InChI=1S/C30H48O5/c1-4-6-8-10-12-14-16-18-22-33-25-20-21-26-27(24-25)35-30(31)29(28(26)32-3)34-23-19-17-15-13-11-9-7-5-2/h20-21,24H,4-19,22-23H2,1-3H3. The van der Waals surface area contributed by atoms with Gasteiger partial charge in [0, 0.05) is 6.07 Å². The maximum absolute atomic E-state index is 12.6. The van der Waals surface area contributed by atoms with Crippen molar-refractivity contribution >= 4 is 11.0 Å². The Bertz CT molecular complexity index is 873. The molecule has 0 saturated heterocycles. The van der Waals surface area contributed by atoms with Crippen molar-refractivity contribution in [2.45, 2.75) is 117 Å². The van der Waals surface area contributed by atoms with Crippen molar-refractivity contribution < 1.29 is 18.6 Å². The molecular weight excluding hydrogens is 440 g/mol. The van der Waals surface area contributed by atoms with E-state index in [9.17, 15) is 4.79 Å². The van der Waals surface area contributed by atoms with Crippen LogP contribution < -0.4 is 19.8 Å². The zero-order valence-corrected chi connectivity index (χ0v) is 22.5. The molecule has 0 spiro atoms. The van der Waals surface area contributed by atoms with Crippen LogP contribution in [0.15, 0.2) is 27.4 Å². The lowest BCUT2D eigenvalue weighted by Crippen LogP contribution is -2.10. The van der Waals surface area contributed by atoms with Gasteiger partial charge in [-0.25, -0.2) is 4.79 Å². The van der Waals surface area contributed by atoms with Gasteiger partial charge in [-0.3, -0.25) is 0 Å². The van der Waals surface area contributed by atoms with E-state index in [1.165, 1.54) is 83.5 Å². The smallest absolute Gasteiger partial charge is 0.383 e. The molecule has 0 aliphatic carbocycles. The highest BCUT2D eigenvalue weighted by molar-refractivity contribution is 5.86. The van der Waals surface area contributed by atoms with Crippen molar-refractivity contribution in [3.63, 3.8) is 0 Å². The molecule has 0 aliphatic heterocycles. The Balaban J connectivity index is 1.80. The third kappa shape index (κ3) is 11.0. The molecular formula is C30H48O5. The van der Waals surface area contributed by atoms with Gasteiger partial charge in [0.2, 0.25) is 5.75 Å². The van der Waals surface area contributed by atoms with E-state index in [0.29, 0.717) is 30.3 Å². The number of methoxy groups -OCH3 is 1. The summed E-state index contributed by atoms with van der Waals surface area (Å²) >= 11 is 0. The van der Waals surface area contributed by atoms with Crippen LogP contribution in [0.5, 0.6) is 17.2 Å². The van der Waals surface area contributed by atoms with E-state index in [4.69, 9.17) is 18.6 Å². The number of fused-ring (bicyclic) bond motifs is 1. The van der Waals surface area contributed by atoms with Crippen molar-refractivity contribution in [2.24, 2.45) is 0 Å². The largest absolute Gasteiger partial charge is 0.493 e. The van der Waals surface area contributed by atoms with Gasteiger partial charge in [0.05, 0.1) is 25.7 Å². The molecule has 0 radical (unpaired) electrons. The highest BCUT2D eigenvalue weighted by Gasteiger charge is 2.17. The molecule has 5 heteroatoms. The van der Waals surface area contributed by atoms with Crippen LogP contribution in [0.1, 0.15) is 117 Å². The first kappa shape index (κ1) is 29.1. The number of hydrogen-bond donors (Lipinski definition) is 0. The molecule has 0 saturated carbocycles. The monoisotopic (exact) mass is 488 g/mol. The van der Waals surface area contributed by atoms with Crippen molar-refractivity contribution in [1.29, 1.82) is 0 Å². The van der Waals surface area contributed by atoms with Crippen LogP contribution in [-0.4, -0.2) is 20.3 Å². The van der Waals surface area contributed by atoms with Gasteiger partial charge in [0.15, 0.2) is 5.75 Å². The molecule has 2 aromatic rings. The summed E-state index contributed by atoms with van der Waals surface area (Å²) in [6.45, 7) is 5.64. The minimum Gasteiger partial charge on any atom is -0.493 e. The Morgan fingerprint density at radius 3 is 1.71 bits per heavy atom. The topological polar surface area (TPSA) is 57.9 Å². The van der Waals surface area contributed by atoms with Crippen LogP contribution >= 0.6 is 0 Å². The van der Waals surface area contributed by atoms with Gasteiger partial charge in [-0.1, -0.05) is 104 Å². The Kier molecular flexibility index (Phi) is 15.1. The molecule has 2 rings (SSSR count). The highest BCUT2D eigenvalue weighted by atomic mass is 16.5. The molecule has 35 heavy (non-hydrogen) atoms. The average molecular weight is 489 g/mol. The third-order valence-corrected chi connectivity index (χ3v) is 6.51. The van der Waals surface area contributed by atoms with Gasteiger partial charge >= 0.3 is 5.63 Å². The lowest BCUT2D eigenvalue weighted by molar-refractivity contribution is 0.271. The number of unbranched alkanes of at least 4 members (excludes halogenated alkanes) is 14. The first-order valence-corrected chi connectivity index (χ1v) is 14.1. The fraction of sp³-hybridized carbons (Fsp3) is 0.700. The van der Waals surface area contributed by atoms with Gasteiger partial charge in [0.25, 0.3) is 0 Å². The summed E-state index contributed by atoms with van der Waals surface area (Å²) in [6, 6.07) is 5.55. The molecule has 0 unspecified atom stereocenters. The molecule has 198 valence electrons. The van der Waals surface area contributed by atoms with Crippen LogP contribution in [0, 0.1) is 0 Å². The third-order valence-electron chi connectivity index (χ3n) is 6.51. The molecule has 1 heterocycles. The van der Waals surface area contributed by atoms with E-state index in [0.717, 1.165) is 24.6 Å². The molecule has 1 aromatic heterocycles. The Labute approximate surface area is 212 Å². The molecule has 0 N–H and O–H groups in total. The SMILES string of the molecule is CCCCCCCCCCOc1ccc2c(OC)c(OCCCCCCCCCC)c(=O)oc2c1. The summed E-state index contributed by atoms with van der Waals surface area (Å²) in [7, 11) is 1.56. The maximum atomic E-state index is 12.6. The van der Waals surface area contributed by atoms with Crippen molar-refractivity contribution in [3.8, 4) is 17.2 Å². The van der Waals surface area contributed by atoms with Gasteiger partial charge < -0.3 is 18.6 Å². The summed E-state index contributed by atoms with van der Waals surface area (Å²) in [6.07, 6.45) is 19.8. The molecule has 0 bridgehead atoms. The summed E-state index contributed by atoms with van der Waals surface area (Å²) in [5.41, 5.74) is -0.0474. The van der Waals surface area contributed by atoms with Gasteiger partial charge in [-0.2, -0.15) is 0 Å². The quantitative estimate of drug-likeness (QED) is 0.130. The molecule has 0 aliphatic rings. The molecule has 0 fully saturated rings. The second-order valence-electron chi connectivity index (χ2n) is 9.56. The van der Waals surface area contributed by atoms with Gasteiger partial charge in [0.1, 0.15) is 11.3 Å². The zero-order chi connectivity index (χ0) is 25.1. The minimum atomic E-state index is -0.505. The zero-order valence-electron chi connectivity index (χ0n) is 22.5. The summed E-state index contributed by atoms with van der Waals surface area (Å²) < 4.78 is 22.8. The van der Waals surface area contributed by atoms with E-state index in [1.807, 2.05) is 12.1 Å².